The highest BCUT2D eigenvalue weighted by Gasteiger charge is 2.25. The van der Waals surface area contributed by atoms with E-state index in [-0.39, 0.29) is 5.69 Å². The van der Waals surface area contributed by atoms with Crippen molar-refractivity contribution in [3.63, 3.8) is 0 Å². The van der Waals surface area contributed by atoms with Crippen LogP contribution < -0.4 is 14.4 Å². The van der Waals surface area contributed by atoms with E-state index in [1.807, 2.05) is 18.2 Å². The van der Waals surface area contributed by atoms with E-state index in [1.165, 1.54) is 11.3 Å². The lowest BCUT2D eigenvalue weighted by molar-refractivity contribution is -0.114. The number of thioether (sulfide) groups is 1. The van der Waals surface area contributed by atoms with Crippen LogP contribution in [0.5, 0.6) is 11.5 Å². The van der Waals surface area contributed by atoms with Crippen LogP contribution in [0.2, 0.25) is 0 Å². The fraction of sp³-hybridized carbons (Fsp3) is 0.286. The molecule has 3 rings (SSSR count). The minimum absolute atomic E-state index is 0.263. The largest absolute Gasteiger partial charge is 0.455 e. The van der Waals surface area contributed by atoms with Crippen molar-refractivity contribution >= 4 is 49.8 Å². The number of nitrogens with one attached hydrogen (secondary N) is 1. The maximum Gasteiger partial charge on any atom is 0.246 e. The molecule has 0 saturated carbocycles. The number of anilines is 2. The number of sulfonamides is 1. The van der Waals surface area contributed by atoms with Crippen LogP contribution in [-0.4, -0.2) is 43.1 Å². The molecule has 170 valence electrons. The lowest BCUT2D eigenvalue weighted by Gasteiger charge is -2.24. The van der Waals surface area contributed by atoms with Crippen molar-refractivity contribution < 1.29 is 17.9 Å². The molecule has 0 saturated heterocycles. The molecular weight excluding hydrogens is 468 g/mol. The number of rotatable bonds is 10. The Morgan fingerprint density at radius 3 is 2.50 bits per heavy atom. The molecule has 0 aliphatic heterocycles. The van der Waals surface area contributed by atoms with Gasteiger partial charge < -0.3 is 4.74 Å². The Kier molecular flexibility index (Phi) is 8.10. The van der Waals surface area contributed by atoms with Gasteiger partial charge in [-0.05, 0) is 30.2 Å². The fourth-order valence-corrected chi connectivity index (χ4v) is 5.20. The summed E-state index contributed by atoms with van der Waals surface area (Å²) >= 11 is 2.82. The number of carbonyl (C=O) groups excluding carboxylic acids is 1. The molecule has 0 fully saturated rings. The van der Waals surface area contributed by atoms with Gasteiger partial charge in [0.25, 0.3) is 0 Å². The molecule has 3 aromatic rings. The second kappa shape index (κ2) is 10.8. The molecule has 1 amide bonds. The summed E-state index contributed by atoms with van der Waals surface area (Å²) in [7, 11) is -3.78. The molecule has 0 aliphatic rings. The van der Waals surface area contributed by atoms with Gasteiger partial charge in [-0.25, -0.2) is 8.42 Å². The molecule has 0 aliphatic carbocycles. The fourth-order valence-electron chi connectivity index (χ4n) is 2.59. The van der Waals surface area contributed by atoms with E-state index in [1.54, 1.807) is 48.2 Å². The van der Waals surface area contributed by atoms with E-state index in [4.69, 9.17) is 4.74 Å². The summed E-state index contributed by atoms with van der Waals surface area (Å²) in [6.07, 6.45) is 1.05. The van der Waals surface area contributed by atoms with Crippen LogP contribution in [0.3, 0.4) is 0 Å². The first-order valence-corrected chi connectivity index (χ1v) is 13.4. The highest BCUT2D eigenvalue weighted by molar-refractivity contribution is 8.01. The Morgan fingerprint density at radius 2 is 1.81 bits per heavy atom. The highest BCUT2D eigenvalue weighted by Crippen LogP contribution is 2.33. The lowest BCUT2D eigenvalue weighted by atomic mass is 10.3. The summed E-state index contributed by atoms with van der Waals surface area (Å²) in [5, 5.41) is 11.0. The molecule has 0 unspecified atom stereocenters. The van der Waals surface area contributed by atoms with Gasteiger partial charge in [0.1, 0.15) is 12.3 Å². The maximum absolute atomic E-state index is 12.7. The number of ether oxygens (including phenoxy) is 1. The average molecular weight is 493 g/mol. The summed E-state index contributed by atoms with van der Waals surface area (Å²) in [6.45, 7) is 3.79. The number of para-hydroxylation sites is 3. The van der Waals surface area contributed by atoms with Gasteiger partial charge in [-0.1, -0.05) is 67.3 Å². The van der Waals surface area contributed by atoms with Gasteiger partial charge in [-0.15, -0.1) is 10.2 Å². The van der Waals surface area contributed by atoms with E-state index in [9.17, 15) is 13.2 Å². The van der Waals surface area contributed by atoms with Crippen molar-refractivity contribution in [2.75, 3.05) is 28.2 Å². The molecule has 0 spiro atoms. The second-order valence-electron chi connectivity index (χ2n) is 7.28. The zero-order chi connectivity index (χ0) is 23.1. The third-order valence-electron chi connectivity index (χ3n) is 3.99. The molecule has 0 bridgehead atoms. The first-order chi connectivity index (χ1) is 15.2. The number of carbonyl (C=O) groups is 1. The molecule has 8 nitrogen and oxygen atoms in total. The zero-order valence-corrected chi connectivity index (χ0v) is 20.3. The first kappa shape index (κ1) is 24.0. The summed E-state index contributed by atoms with van der Waals surface area (Å²) in [4.78, 5) is 12.7. The van der Waals surface area contributed by atoms with Crippen LogP contribution >= 0.6 is 23.1 Å². The average Bonchev–Trinajstić information content (AvgIpc) is 3.18. The molecular formula is C21H24N4O4S3. The minimum Gasteiger partial charge on any atom is -0.455 e. The van der Waals surface area contributed by atoms with Gasteiger partial charge in [0, 0.05) is 5.75 Å². The maximum atomic E-state index is 12.7. The Balaban J connectivity index is 1.76. The minimum atomic E-state index is -3.78. The van der Waals surface area contributed by atoms with Gasteiger partial charge in [0.05, 0.1) is 11.9 Å². The molecule has 2 aromatic carbocycles. The molecule has 0 atom stereocenters. The third-order valence-corrected chi connectivity index (χ3v) is 7.51. The Hall–Kier alpha value is -2.63. The number of aromatic nitrogens is 2. The highest BCUT2D eigenvalue weighted by atomic mass is 32.2. The number of amides is 1. The van der Waals surface area contributed by atoms with Crippen LogP contribution in [0.25, 0.3) is 0 Å². The predicted octanol–water partition coefficient (Wildman–Crippen LogP) is 4.48. The molecule has 11 heteroatoms. The smallest absolute Gasteiger partial charge is 0.246 e. The monoisotopic (exact) mass is 492 g/mol. The Labute approximate surface area is 196 Å². The van der Waals surface area contributed by atoms with Crippen LogP contribution in [0.4, 0.5) is 10.8 Å². The number of nitrogens with zero attached hydrogens (tertiary/aromatic N) is 3. The lowest BCUT2D eigenvalue weighted by Crippen LogP contribution is -2.37. The van der Waals surface area contributed by atoms with E-state index >= 15 is 0 Å². The van der Waals surface area contributed by atoms with E-state index in [0.29, 0.717) is 22.5 Å². The number of benzene rings is 2. The Bertz CT molecular complexity index is 1150. The van der Waals surface area contributed by atoms with E-state index in [0.717, 1.165) is 20.7 Å². The van der Waals surface area contributed by atoms with Gasteiger partial charge >= 0.3 is 0 Å². The second-order valence-corrected chi connectivity index (χ2v) is 11.4. The standard InChI is InChI=1S/C21H24N4O4S3/c1-15(2)14-30-21-24-23-20(31-21)22-19(26)13-25(32(3,27)28)17-11-7-8-12-18(17)29-16-9-5-4-6-10-16/h4-12,15H,13-14H2,1-3H3,(H,22,23,26). The van der Waals surface area contributed by atoms with Gasteiger partial charge in [-0.2, -0.15) is 0 Å². The first-order valence-electron chi connectivity index (χ1n) is 9.78. The summed E-state index contributed by atoms with van der Waals surface area (Å²) < 4.78 is 32.7. The molecule has 1 N–H and O–H groups in total. The summed E-state index contributed by atoms with van der Waals surface area (Å²) in [5.41, 5.74) is 0.263. The summed E-state index contributed by atoms with van der Waals surface area (Å²) in [6, 6.07) is 15.7. The van der Waals surface area contributed by atoms with Crippen LogP contribution in [0.1, 0.15) is 13.8 Å². The predicted molar refractivity (Wildman–Crippen MR) is 129 cm³/mol. The van der Waals surface area contributed by atoms with Gasteiger partial charge in [0.2, 0.25) is 21.1 Å². The summed E-state index contributed by atoms with van der Waals surface area (Å²) in [5.74, 6) is 1.74. The van der Waals surface area contributed by atoms with Crippen molar-refractivity contribution in [3.05, 3.63) is 54.6 Å². The van der Waals surface area contributed by atoms with Crippen molar-refractivity contribution in [2.24, 2.45) is 5.92 Å². The van der Waals surface area contributed by atoms with Crippen molar-refractivity contribution in [1.82, 2.24) is 10.2 Å². The normalized spacial score (nSPS) is 11.4. The van der Waals surface area contributed by atoms with Gasteiger partial charge in [-0.3, -0.25) is 14.4 Å². The SMILES string of the molecule is CC(C)CSc1nnc(NC(=O)CN(c2ccccc2Oc2ccccc2)S(C)(=O)=O)s1. The van der Waals surface area contributed by atoms with Crippen LogP contribution in [0, 0.1) is 5.92 Å². The molecule has 32 heavy (non-hydrogen) atoms. The molecule has 1 aromatic heterocycles. The number of hydrogen-bond donors (Lipinski definition) is 1. The topological polar surface area (TPSA) is 101 Å². The van der Waals surface area contributed by atoms with Crippen molar-refractivity contribution in [2.45, 2.75) is 18.2 Å². The van der Waals surface area contributed by atoms with E-state index in [2.05, 4.69) is 29.4 Å². The zero-order valence-electron chi connectivity index (χ0n) is 17.9. The van der Waals surface area contributed by atoms with Crippen molar-refractivity contribution in [3.8, 4) is 11.5 Å². The number of hydrogen-bond acceptors (Lipinski definition) is 8. The van der Waals surface area contributed by atoms with Crippen LogP contribution in [0.15, 0.2) is 58.9 Å². The van der Waals surface area contributed by atoms with Crippen molar-refractivity contribution in [1.29, 1.82) is 0 Å². The van der Waals surface area contributed by atoms with Gasteiger partial charge in [0.15, 0.2) is 10.1 Å². The Morgan fingerprint density at radius 1 is 1.12 bits per heavy atom. The molecule has 0 radical (unpaired) electrons. The van der Waals surface area contributed by atoms with E-state index < -0.39 is 22.5 Å². The quantitative estimate of drug-likeness (QED) is 0.329. The third kappa shape index (κ3) is 6.94. The van der Waals surface area contributed by atoms with Crippen LogP contribution in [-0.2, 0) is 14.8 Å². The molecule has 1 heterocycles.